The van der Waals surface area contributed by atoms with E-state index < -0.39 is 34.3 Å². The maximum absolute atomic E-state index is 13.6. The summed E-state index contributed by atoms with van der Waals surface area (Å²) < 4.78 is 13.6. The van der Waals surface area contributed by atoms with Crippen molar-refractivity contribution in [3.8, 4) is 5.75 Å². The first kappa shape index (κ1) is 20.0. The Morgan fingerprint density at radius 2 is 2.00 bits per heavy atom. The number of nitrogens with zero attached hydrogens (tertiary/aromatic N) is 2. The highest BCUT2D eigenvalue weighted by molar-refractivity contribution is 8.18. The zero-order valence-electron chi connectivity index (χ0n) is 14.5. The highest BCUT2D eigenvalue weighted by Crippen LogP contribution is 2.34. The molecule has 0 aromatic heterocycles. The van der Waals surface area contributed by atoms with Gasteiger partial charge in [-0.25, -0.2) is 4.39 Å². The molecule has 1 fully saturated rings. The van der Waals surface area contributed by atoms with Gasteiger partial charge in [-0.3, -0.25) is 29.4 Å². The number of aromatic hydroxyl groups is 1. The summed E-state index contributed by atoms with van der Waals surface area (Å²) in [5.41, 5.74) is -0.431. The van der Waals surface area contributed by atoms with Crippen molar-refractivity contribution >= 4 is 46.3 Å². The van der Waals surface area contributed by atoms with Crippen LogP contribution >= 0.6 is 11.8 Å². The number of halogens is 1. The van der Waals surface area contributed by atoms with Crippen molar-refractivity contribution in [1.82, 2.24) is 4.90 Å². The fourth-order valence-electron chi connectivity index (χ4n) is 2.44. The fourth-order valence-corrected chi connectivity index (χ4v) is 3.27. The second-order valence-corrected chi connectivity index (χ2v) is 6.79. The molecule has 1 heterocycles. The Morgan fingerprint density at radius 3 is 2.69 bits per heavy atom. The number of phenolic OH excluding ortho intramolecular Hbond substituents is 1. The van der Waals surface area contributed by atoms with Crippen molar-refractivity contribution in [3.05, 3.63) is 68.9 Å². The van der Waals surface area contributed by atoms with Crippen molar-refractivity contribution < 1.29 is 28.8 Å². The van der Waals surface area contributed by atoms with E-state index in [1.54, 1.807) is 0 Å². The molecule has 9 nitrogen and oxygen atoms in total. The monoisotopic (exact) mass is 417 g/mol. The Kier molecular flexibility index (Phi) is 5.59. The molecule has 0 spiro atoms. The van der Waals surface area contributed by atoms with Gasteiger partial charge in [0.2, 0.25) is 5.91 Å². The number of thioether (sulfide) groups is 1. The molecule has 0 saturated carbocycles. The number of nitro benzene ring substituents is 1. The third-order valence-electron chi connectivity index (χ3n) is 3.83. The van der Waals surface area contributed by atoms with Gasteiger partial charge < -0.3 is 10.4 Å². The van der Waals surface area contributed by atoms with Crippen LogP contribution in [0.3, 0.4) is 0 Å². The van der Waals surface area contributed by atoms with Crippen molar-refractivity contribution in [3.63, 3.8) is 0 Å². The number of carbonyl (C=O) groups is 3. The third kappa shape index (κ3) is 4.41. The van der Waals surface area contributed by atoms with E-state index in [9.17, 15) is 34.0 Å². The van der Waals surface area contributed by atoms with Crippen LogP contribution in [0.4, 0.5) is 20.6 Å². The number of imide groups is 1. The molecule has 2 aromatic carbocycles. The number of nitrogens with one attached hydrogen (secondary N) is 1. The number of hydrogen-bond donors (Lipinski definition) is 2. The molecule has 0 aliphatic carbocycles. The zero-order chi connectivity index (χ0) is 21.1. The lowest BCUT2D eigenvalue weighted by Crippen LogP contribution is -2.36. The topological polar surface area (TPSA) is 130 Å². The maximum Gasteiger partial charge on any atom is 0.294 e. The summed E-state index contributed by atoms with van der Waals surface area (Å²) in [4.78, 5) is 47.4. The average Bonchev–Trinajstić information content (AvgIpc) is 2.92. The largest absolute Gasteiger partial charge is 0.507 e. The van der Waals surface area contributed by atoms with E-state index in [0.717, 1.165) is 30.3 Å². The Balaban J connectivity index is 1.77. The second-order valence-electron chi connectivity index (χ2n) is 5.80. The summed E-state index contributed by atoms with van der Waals surface area (Å²) in [5.74, 6) is -2.58. The lowest BCUT2D eigenvalue weighted by Gasteiger charge is -2.12. The number of rotatable bonds is 5. The molecule has 29 heavy (non-hydrogen) atoms. The second kappa shape index (κ2) is 8.10. The lowest BCUT2D eigenvalue weighted by atomic mass is 10.1. The predicted molar refractivity (Wildman–Crippen MR) is 102 cm³/mol. The first-order chi connectivity index (χ1) is 13.8. The van der Waals surface area contributed by atoms with Crippen LogP contribution in [0.1, 0.15) is 5.56 Å². The predicted octanol–water partition coefficient (Wildman–Crippen LogP) is 3.11. The van der Waals surface area contributed by atoms with Gasteiger partial charge in [-0.05, 0) is 36.0 Å². The molecule has 2 aromatic rings. The van der Waals surface area contributed by atoms with Crippen LogP contribution in [-0.2, 0) is 9.59 Å². The number of amides is 3. The number of nitro groups is 1. The smallest absolute Gasteiger partial charge is 0.294 e. The van der Waals surface area contributed by atoms with E-state index in [1.165, 1.54) is 18.2 Å². The highest BCUT2D eigenvalue weighted by Gasteiger charge is 2.36. The summed E-state index contributed by atoms with van der Waals surface area (Å²) in [6, 6.07) is 8.65. The number of carbonyl (C=O) groups excluding carboxylic acids is 3. The molecule has 0 radical (unpaired) electrons. The number of phenols is 1. The molecule has 3 rings (SSSR count). The van der Waals surface area contributed by atoms with Crippen LogP contribution < -0.4 is 5.32 Å². The van der Waals surface area contributed by atoms with Gasteiger partial charge in [-0.1, -0.05) is 12.1 Å². The van der Waals surface area contributed by atoms with Crippen LogP contribution in [0.15, 0.2) is 47.4 Å². The third-order valence-corrected chi connectivity index (χ3v) is 4.74. The van der Waals surface area contributed by atoms with Crippen LogP contribution in [0.5, 0.6) is 5.75 Å². The minimum atomic E-state index is -0.811. The highest BCUT2D eigenvalue weighted by atomic mass is 32.2. The van der Waals surface area contributed by atoms with Gasteiger partial charge in [0, 0.05) is 17.7 Å². The number of hydrogen-bond acceptors (Lipinski definition) is 7. The van der Waals surface area contributed by atoms with Gasteiger partial charge in [-0.2, -0.15) is 0 Å². The first-order valence-electron chi connectivity index (χ1n) is 8.03. The molecule has 0 atom stereocenters. The van der Waals surface area contributed by atoms with E-state index >= 15 is 0 Å². The van der Waals surface area contributed by atoms with Gasteiger partial charge in [0.25, 0.3) is 16.8 Å². The zero-order valence-corrected chi connectivity index (χ0v) is 15.3. The summed E-state index contributed by atoms with van der Waals surface area (Å²) in [5, 5.41) is 22.2. The Morgan fingerprint density at radius 1 is 1.28 bits per heavy atom. The van der Waals surface area contributed by atoms with Gasteiger partial charge in [-0.15, -0.1) is 0 Å². The van der Waals surface area contributed by atoms with Crippen LogP contribution in [-0.4, -0.2) is 38.5 Å². The van der Waals surface area contributed by atoms with E-state index in [0.29, 0.717) is 16.7 Å². The van der Waals surface area contributed by atoms with Crippen LogP contribution in [0.2, 0.25) is 0 Å². The fraction of sp³-hybridized carbons (Fsp3) is 0.0556. The Bertz CT molecular complexity index is 1070. The molecule has 0 bridgehead atoms. The van der Waals surface area contributed by atoms with E-state index in [2.05, 4.69) is 5.32 Å². The number of para-hydroxylation sites is 1. The number of anilines is 1. The Labute approximate surface area is 167 Å². The molecule has 2 N–H and O–H groups in total. The van der Waals surface area contributed by atoms with Gasteiger partial charge in [0.1, 0.15) is 18.1 Å². The van der Waals surface area contributed by atoms with Crippen LogP contribution in [0.25, 0.3) is 6.08 Å². The lowest BCUT2D eigenvalue weighted by molar-refractivity contribution is -0.384. The number of non-ortho nitro benzene ring substituents is 1. The van der Waals surface area contributed by atoms with Gasteiger partial charge in [0.15, 0.2) is 0 Å². The maximum atomic E-state index is 13.6. The van der Waals surface area contributed by atoms with Crippen LogP contribution in [0, 0.1) is 15.9 Å². The van der Waals surface area contributed by atoms with Crippen molar-refractivity contribution in [2.75, 3.05) is 11.9 Å². The van der Waals surface area contributed by atoms with Gasteiger partial charge in [0.05, 0.1) is 15.5 Å². The molecule has 1 saturated heterocycles. The van der Waals surface area contributed by atoms with E-state index in [4.69, 9.17) is 0 Å². The molecular formula is C18H12FN3O6S. The van der Waals surface area contributed by atoms with Gasteiger partial charge >= 0.3 is 0 Å². The minimum absolute atomic E-state index is 0.0273. The summed E-state index contributed by atoms with van der Waals surface area (Å²) in [6.07, 6.45) is 1.13. The first-order valence-corrected chi connectivity index (χ1v) is 8.85. The molecule has 3 amide bonds. The Hall–Kier alpha value is -3.73. The average molecular weight is 417 g/mol. The minimum Gasteiger partial charge on any atom is -0.507 e. The van der Waals surface area contributed by atoms with E-state index in [-0.39, 0.29) is 27.6 Å². The van der Waals surface area contributed by atoms with Crippen molar-refractivity contribution in [2.45, 2.75) is 0 Å². The van der Waals surface area contributed by atoms with E-state index in [1.807, 2.05) is 0 Å². The summed E-state index contributed by atoms with van der Waals surface area (Å²) in [7, 11) is 0. The quantitative estimate of drug-likeness (QED) is 0.434. The molecule has 1 aliphatic rings. The SMILES string of the molecule is O=C(CN1C(=O)SC(=Cc2cc([N+](=O)[O-])ccc2O)C1=O)Nc1ccccc1F. The number of benzene rings is 2. The molecule has 0 unspecified atom stereocenters. The normalized spacial score (nSPS) is 15.1. The molecule has 148 valence electrons. The standard InChI is InChI=1S/C18H12FN3O6S/c19-12-3-1-2-4-13(12)20-16(24)9-21-17(25)15(29-18(21)26)8-10-7-11(22(27)28)5-6-14(10)23/h1-8,23H,9H2,(H,20,24). The molecule has 1 aliphatic heterocycles. The molecular weight excluding hydrogens is 405 g/mol. The summed E-state index contributed by atoms with van der Waals surface area (Å²) >= 11 is 0.515. The van der Waals surface area contributed by atoms with Crippen molar-refractivity contribution in [2.24, 2.45) is 0 Å². The van der Waals surface area contributed by atoms with Crippen molar-refractivity contribution in [1.29, 1.82) is 0 Å². The molecule has 11 heteroatoms. The summed E-state index contributed by atoms with van der Waals surface area (Å²) in [6.45, 7) is -0.642.